The zero-order valence-electron chi connectivity index (χ0n) is 4.89. The number of alkyl halides is 3. The van der Waals surface area contributed by atoms with Crippen LogP contribution in [0.3, 0.4) is 0 Å². The van der Waals surface area contributed by atoms with E-state index in [0.717, 1.165) is 5.56 Å². The fraction of sp³-hybridized carbons (Fsp3) is 0.167. The molecule has 10 heavy (non-hydrogen) atoms. The van der Waals surface area contributed by atoms with E-state index in [1.807, 2.05) is 0 Å². The maximum absolute atomic E-state index is 5.71. The van der Waals surface area contributed by atoms with Gasteiger partial charge in [0, 0.05) is 18.0 Å². The lowest BCUT2D eigenvalue weighted by molar-refractivity contribution is 1.22. The van der Waals surface area contributed by atoms with Crippen LogP contribution >= 0.6 is 39.1 Å². The first-order valence-corrected chi connectivity index (χ1v) is 4.13. The van der Waals surface area contributed by atoms with Crippen LogP contribution in [0.15, 0.2) is 24.5 Å². The average molecular weight is 241 g/mol. The van der Waals surface area contributed by atoms with E-state index in [9.17, 15) is 0 Å². The molecule has 1 nitrogen and oxygen atoms in total. The second-order valence-electron chi connectivity index (χ2n) is 1.73. The van der Waals surface area contributed by atoms with Gasteiger partial charge in [-0.1, -0.05) is 23.2 Å². The van der Waals surface area contributed by atoms with Gasteiger partial charge in [-0.05, 0) is 28.1 Å². The molecule has 0 fully saturated rings. The lowest BCUT2D eigenvalue weighted by Crippen LogP contribution is -1.97. The number of aromatic nitrogens is 1. The molecule has 1 aromatic heterocycles. The Morgan fingerprint density at radius 2 is 1.80 bits per heavy atom. The summed E-state index contributed by atoms with van der Waals surface area (Å²) in [4.78, 5) is 3.82. The number of pyridine rings is 1. The molecule has 0 bridgehead atoms. The summed E-state index contributed by atoms with van der Waals surface area (Å²) in [5.74, 6) is 0. The molecular formula is C6H4BrCl2N. The lowest BCUT2D eigenvalue weighted by atomic mass is 10.3. The SMILES string of the molecule is ClC(Cl)(Br)c1ccncc1. The van der Waals surface area contributed by atoms with Crippen molar-refractivity contribution in [1.82, 2.24) is 4.98 Å². The summed E-state index contributed by atoms with van der Waals surface area (Å²) in [7, 11) is 0. The van der Waals surface area contributed by atoms with Gasteiger partial charge in [-0.25, -0.2) is 0 Å². The summed E-state index contributed by atoms with van der Waals surface area (Å²) in [5.41, 5.74) is 0.783. The molecular weight excluding hydrogens is 237 g/mol. The van der Waals surface area contributed by atoms with Gasteiger partial charge in [-0.15, -0.1) is 0 Å². The van der Waals surface area contributed by atoms with E-state index in [-0.39, 0.29) is 0 Å². The fourth-order valence-electron chi connectivity index (χ4n) is 0.541. The molecule has 0 radical (unpaired) electrons. The van der Waals surface area contributed by atoms with Crippen molar-refractivity contribution in [2.24, 2.45) is 0 Å². The molecule has 0 aliphatic heterocycles. The van der Waals surface area contributed by atoms with Gasteiger partial charge in [0.25, 0.3) is 0 Å². The minimum absolute atomic E-state index is 0.783. The Hall–Kier alpha value is 0.210. The quantitative estimate of drug-likeness (QED) is 0.688. The normalized spacial score (nSPS) is 11.5. The second kappa shape index (κ2) is 3.07. The summed E-state index contributed by atoms with van der Waals surface area (Å²) in [5, 5.41) is 0. The predicted octanol–water partition coefficient (Wildman–Crippen LogP) is 3.06. The van der Waals surface area contributed by atoms with Crippen molar-refractivity contribution in [1.29, 1.82) is 0 Å². The minimum atomic E-state index is -0.990. The Morgan fingerprint density at radius 3 is 2.10 bits per heavy atom. The van der Waals surface area contributed by atoms with Gasteiger partial charge in [0.2, 0.25) is 0 Å². The minimum Gasteiger partial charge on any atom is -0.265 e. The summed E-state index contributed by atoms with van der Waals surface area (Å²) < 4.78 is -0.990. The Kier molecular flexibility index (Phi) is 2.55. The summed E-state index contributed by atoms with van der Waals surface area (Å²) >= 11 is 14.5. The lowest BCUT2D eigenvalue weighted by Gasteiger charge is -2.09. The molecule has 54 valence electrons. The first kappa shape index (κ1) is 8.31. The maximum Gasteiger partial charge on any atom is 0.197 e. The highest BCUT2D eigenvalue weighted by atomic mass is 79.9. The molecule has 4 heteroatoms. The van der Waals surface area contributed by atoms with Crippen molar-refractivity contribution in [2.75, 3.05) is 0 Å². The van der Waals surface area contributed by atoms with Gasteiger partial charge < -0.3 is 0 Å². The van der Waals surface area contributed by atoms with Crippen molar-refractivity contribution >= 4 is 39.1 Å². The van der Waals surface area contributed by atoms with Crippen LogP contribution in [0.25, 0.3) is 0 Å². The molecule has 0 saturated carbocycles. The Labute approximate surface area is 77.5 Å². The standard InChI is InChI=1S/C6H4BrCl2N/c7-6(8,9)5-1-3-10-4-2-5/h1-4H. The first-order chi connectivity index (χ1) is 4.61. The van der Waals surface area contributed by atoms with Gasteiger partial charge in [-0.2, -0.15) is 0 Å². The number of nitrogens with zero attached hydrogens (tertiary/aromatic N) is 1. The predicted molar refractivity (Wildman–Crippen MR) is 46.5 cm³/mol. The van der Waals surface area contributed by atoms with E-state index >= 15 is 0 Å². The van der Waals surface area contributed by atoms with Crippen LogP contribution < -0.4 is 0 Å². The smallest absolute Gasteiger partial charge is 0.197 e. The average Bonchev–Trinajstić information content (AvgIpc) is 1.88. The molecule has 0 N–H and O–H groups in total. The van der Waals surface area contributed by atoms with E-state index in [2.05, 4.69) is 20.9 Å². The van der Waals surface area contributed by atoms with Gasteiger partial charge in [0.05, 0.1) is 0 Å². The third-order valence-corrected chi connectivity index (χ3v) is 1.90. The maximum atomic E-state index is 5.71. The Balaban J connectivity index is 2.97. The molecule has 0 aromatic carbocycles. The third-order valence-electron chi connectivity index (χ3n) is 1.01. The Bertz CT molecular complexity index is 207. The molecule has 1 heterocycles. The van der Waals surface area contributed by atoms with Crippen LogP contribution in [-0.2, 0) is 3.24 Å². The Morgan fingerprint density at radius 1 is 1.30 bits per heavy atom. The molecule has 1 rings (SSSR count). The number of rotatable bonds is 1. The molecule has 0 unspecified atom stereocenters. The molecule has 0 spiro atoms. The van der Waals surface area contributed by atoms with Crippen LogP contribution in [0.1, 0.15) is 5.56 Å². The van der Waals surface area contributed by atoms with Crippen LogP contribution in [-0.4, -0.2) is 4.98 Å². The molecule has 0 aliphatic rings. The highest BCUT2D eigenvalue weighted by Crippen LogP contribution is 2.39. The summed E-state index contributed by atoms with van der Waals surface area (Å²) in [6.07, 6.45) is 3.27. The highest BCUT2D eigenvalue weighted by molar-refractivity contribution is 9.10. The van der Waals surface area contributed by atoms with E-state index < -0.39 is 3.24 Å². The van der Waals surface area contributed by atoms with E-state index in [1.54, 1.807) is 24.5 Å². The van der Waals surface area contributed by atoms with Gasteiger partial charge in [0.1, 0.15) is 0 Å². The van der Waals surface area contributed by atoms with E-state index in [1.165, 1.54) is 0 Å². The van der Waals surface area contributed by atoms with Gasteiger partial charge >= 0.3 is 0 Å². The van der Waals surface area contributed by atoms with Crippen molar-refractivity contribution in [3.8, 4) is 0 Å². The highest BCUT2D eigenvalue weighted by Gasteiger charge is 2.20. The zero-order chi connectivity index (χ0) is 7.61. The van der Waals surface area contributed by atoms with Gasteiger partial charge in [-0.3, -0.25) is 4.98 Å². The molecule has 0 atom stereocenters. The summed E-state index contributed by atoms with van der Waals surface area (Å²) in [6.45, 7) is 0. The molecule has 1 aromatic rings. The van der Waals surface area contributed by atoms with E-state index in [4.69, 9.17) is 23.2 Å². The van der Waals surface area contributed by atoms with Crippen LogP contribution in [0, 0.1) is 0 Å². The fourth-order valence-corrected chi connectivity index (χ4v) is 1.06. The van der Waals surface area contributed by atoms with E-state index in [0.29, 0.717) is 0 Å². The second-order valence-corrected chi connectivity index (χ2v) is 5.16. The number of hydrogen-bond donors (Lipinski definition) is 0. The number of halogens is 3. The molecule has 0 saturated heterocycles. The van der Waals surface area contributed by atoms with Crippen molar-refractivity contribution in [2.45, 2.75) is 3.24 Å². The molecule has 0 aliphatic carbocycles. The van der Waals surface area contributed by atoms with Crippen LogP contribution in [0.4, 0.5) is 0 Å². The van der Waals surface area contributed by atoms with Crippen molar-refractivity contribution < 1.29 is 0 Å². The zero-order valence-corrected chi connectivity index (χ0v) is 7.99. The van der Waals surface area contributed by atoms with Crippen molar-refractivity contribution in [3.05, 3.63) is 30.1 Å². The van der Waals surface area contributed by atoms with Crippen LogP contribution in [0.2, 0.25) is 0 Å². The topological polar surface area (TPSA) is 12.9 Å². The summed E-state index contributed by atoms with van der Waals surface area (Å²) in [6, 6.07) is 3.49. The monoisotopic (exact) mass is 239 g/mol. The van der Waals surface area contributed by atoms with Crippen molar-refractivity contribution in [3.63, 3.8) is 0 Å². The first-order valence-electron chi connectivity index (χ1n) is 2.58. The number of hydrogen-bond acceptors (Lipinski definition) is 1. The third kappa shape index (κ3) is 2.11. The van der Waals surface area contributed by atoms with Gasteiger partial charge in [0.15, 0.2) is 3.24 Å². The van der Waals surface area contributed by atoms with Crippen LogP contribution in [0.5, 0.6) is 0 Å². The largest absolute Gasteiger partial charge is 0.265 e. The molecule has 0 amide bonds.